The molecule has 1 fully saturated rings. The van der Waals surface area contributed by atoms with Crippen LogP contribution in [0.2, 0.25) is 0 Å². The van der Waals surface area contributed by atoms with Crippen LogP contribution >= 0.6 is 0 Å². The Morgan fingerprint density at radius 1 is 1.35 bits per heavy atom. The molecule has 37 heavy (non-hydrogen) atoms. The quantitative estimate of drug-likeness (QED) is 0.456. The van der Waals surface area contributed by atoms with Gasteiger partial charge in [-0.1, -0.05) is 12.6 Å². The van der Waals surface area contributed by atoms with E-state index in [1.807, 2.05) is 6.92 Å². The van der Waals surface area contributed by atoms with Crippen molar-refractivity contribution in [1.82, 2.24) is 19.9 Å². The molecule has 1 aromatic carbocycles. The van der Waals surface area contributed by atoms with Gasteiger partial charge in [-0.15, -0.1) is 0 Å². The number of para-hydroxylation sites is 1. The number of likely N-dealkylation sites (tertiary alicyclic amines) is 1. The number of methoxy groups -OCH3 is 1. The monoisotopic (exact) mass is 505 g/mol. The molecule has 192 valence electrons. The van der Waals surface area contributed by atoms with Gasteiger partial charge in [-0.2, -0.15) is 0 Å². The van der Waals surface area contributed by atoms with Gasteiger partial charge in [0.15, 0.2) is 11.6 Å². The van der Waals surface area contributed by atoms with E-state index < -0.39 is 5.82 Å². The highest BCUT2D eigenvalue weighted by molar-refractivity contribution is 5.98. The lowest BCUT2D eigenvalue weighted by Gasteiger charge is -2.43. The van der Waals surface area contributed by atoms with Crippen LogP contribution in [0.4, 0.5) is 10.1 Å². The molecular weight excluding hydrogens is 477 g/mol. The number of amides is 2. The minimum atomic E-state index is -0.506. The van der Waals surface area contributed by atoms with Crippen molar-refractivity contribution in [2.45, 2.75) is 31.9 Å². The van der Waals surface area contributed by atoms with Crippen LogP contribution in [-0.2, 0) is 11.2 Å². The Kier molecular flexibility index (Phi) is 6.56. The Hall–Kier alpha value is -4.34. The largest absolute Gasteiger partial charge is 0.492 e. The van der Waals surface area contributed by atoms with Gasteiger partial charge >= 0.3 is 0 Å². The van der Waals surface area contributed by atoms with Crippen LogP contribution in [0.25, 0.3) is 11.3 Å². The maximum Gasteiger partial charge on any atom is 0.253 e. The number of fused-ring (bicyclic) bond motifs is 1. The van der Waals surface area contributed by atoms with E-state index in [4.69, 9.17) is 9.47 Å². The van der Waals surface area contributed by atoms with E-state index in [1.54, 1.807) is 46.2 Å². The van der Waals surface area contributed by atoms with E-state index in [1.165, 1.54) is 19.3 Å². The first-order valence-electron chi connectivity index (χ1n) is 12.1. The zero-order valence-electron chi connectivity index (χ0n) is 20.7. The lowest BCUT2D eigenvalue weighted by molar-refractivity contribution is -0.136. The summed E-state index contributed by atoms with van der Waals surface area (Å²) in [4.78, 5) is 30.8. The summed E-state index contributed by atoms with van der Waals surface area (Å²) in [5.41, 5.74) is 6.26. The molecule has 2 aliphatic heterocycles. The molecule has 0 radical (unpaired) electrons. The second-order valence-electron chi connectivity index (χ2n) is 8.95. The fourth-order valence-corrected chi connectivity index (χ4v) is 4.88. The first-order chi connectivity index (χ1) is 17.9. The van der Waals surface area contributed by atoms with Gasteiger partial charge < -0.3 is 19.7 Å². The van der Waals surface area contributed by atoms with Crippen molar-refractivity contribution in [3.63, 3.8) is 0 Å². The number of benzene rings is 1. The molecule has 10 heteroatoms. The first-order valence-corrected chi connectivity index (χ1v) is 12.1. The van der Waals surface area contributed by atoms with Crippen LogP contribution in [0.1, 0.15) is 29.4 Å². The molecular formula is C27H28FN5O4. The number of hydrogen-bond acceptors (Lipinski definition) is 6. The fraction of sp³-hybridized carbons (Fsp3) is 0.296. The third-order valence-corrected chi connectivity index (χ3v) is 6.84. The van der Waals surface area contributed by atoms with Crippen LogP contribution in [-0.4, -0.2) is 58.7 Å². The van der Waals surface area contributed by atoms with Crippen molar-refractivity contribution in [1.29, 1.82) is 0 Å². The third-order valence-electron chi connectivity index (χ3n) is 6.84. The summed E-state index contributed by atoms with van der Waals surface area (Å²) in [5.74, 6) is -0.259. The summed E-state index contributed by atoms with van der Waals surface area (Å²) in [5, 5.41) is 2.87. The van der Waals surface area contributed by atoms with E-state index in [2.05, 4.69) is 22.3 Å². The summed E-state index contributed by atoms with van der Waals surface area (Å²) in [6.45, 7) is 6.63. The van der Waals surface area contributed by atoms with E-state index in [-0.39, 0.29) is 29.7 Å². The van der Waals surface area contributed by atoms with E-state index in [9.17, 15) is 14.0 Å². The van der Waals surface area contributed by atoms with Gasteiger partial charge in [0.2, 0.25) is 5.91 Å². The zero-order valence-corrected chi connectivity index (χ0v) is 20.7. The standard InChI is InChI=1S/C27H28FN5O4/c1-4-25(34)32-13-10-21(32)16(2)37-24-15-29-11-8-17(24)23-14-18-22(9-12-30-27(18)35)33(23)31-20-7-5-6-19(28)26(20)36-3/h4-8,11,14-16,21,31H,1,9-10,12-13H2,2-3H3,(H,30,35)/t16-,21-/m1/s1. The Morgan fingerprint density at radius 3 is 2.92 bits per heavy atom. The normalized spacial score (nSPS) is 17.2. The van der Waals surface area contributed by atoms with Crippen molar-refractivity contribution in [3.05, 3.63) is 72.5 Å². The number of carbonyl (C=O) groups is 2. The van der Waals surface area contributed by atoms with Gasteiger partial charge in [0.25, 0.3) is 5.91 Å². The number of anilines is 1. The average Bonchev–Trinajstić information content (AvgIpc) is 3.23. The lowest BCUT2D eigenvalue weighted by atomic mass is 9.97. The smallest absolute Gasteiger partial charge is 0.253 e. The van der Waals surface area contributed by atoms with Crippen LogP contribution in [0, 0.1) is 5.82 Å². The number of nitrogens with one attached hydrogen (secondary N) is 2. The Morgan fingerprint density at radius 2 is 2.19 bits per heavy atom. The molecule has 0 bridgehead atoms. The number of pyridine rings is 1. The van der Waals surface area contributed by atoms with Gasteiger partial charge in [0.1, 0.15) is 11.9 Å². The molecule has 3 aromatic rings. The number of hydrogen-bond donors (Lipinski definition) is 2. The molecule has 0 aliphatic carbocycles. The van der Waals surface area contributed by atoms with E-state index in [0.717, 1.165) is 12.1 Å². The Balaban J connectivity index is 1.55. The maximum atomic E-state index is 14.4. The molecule has 0 spiro atoms. The molecule has 1 saturated heterocycles. The SMILES string of the molecule is C=CC(=O)N1CC[C@@H]1[C@@H](C)Oc1cnccc1-c1cc2c(n1Nc1cccc(F)c1OC)CCNC2=O. The van der Waals surface area contributed by atoms with E-state index >= 15 is 0 Å². The molecule has 5 rings (SSSR count). The zero-order chi connectivity index (χ0) is 26.1. The third kappa shape index (κ3) is 4.39. The van der Waals surface area contributed by atoms with Crippen LogP contribution in [0.5, 0.6) is 11.5 Å². The number of ether oxygens (including phenoxy) is 2. The lowest BCUT2D eigenvalue weighted by Crippen LogP contribution is -2.56. The predicted molar refractivity (Wildman–Crippen MR) is 136 cm³/mol. The first kappa shape index (κ1) is 24.4. The summed E-state index contributed by atoms with van der Waals surface area (Å²) in [6, 6.07) is 8.11. The van der Waals surface area contributed by atoms with Crippen molar-refractivity contribution in [2.75, 3.05) is 25.6 Å². The van der Waals surface area contributed by atoms with Crippen LogP contribution < -0.4 is 20.2 Å². The second kappa shape index (κ2) is 9.96. The molecule has 0 saturated carbocycles. The van der Waals surface area contributed by atoms with Crippen molar-refractivity contribution in [3.8, 4) is 22.8 Å². The molecule has 4 heterocycles. The van der Waals surface area contributed by atoms with Gasteiger partial charge in [0, 0.05) is 31.3 Å². The Bertz CT molecular complexity index is 1370. The molecule has 2 amide bonds. The summed E-state index contributed by atoms with van der Waals surface area (Å²) >= 11 is 0. The summed E-state index contributed by atoms with van der Waals surface area (Å²) < 4.78 is 27.8. The Labute approximate surface area is 213 Å². The number of rotatable bonds is 8. The van der Waals surface area contributed by atoms with E-state index in [0.29, 0.717) is 47.8 Å². The highest BCUT2D eigenvalue weighted by atomic mass is 19.1. The number of halogens is 1. The molecule has 2 aromatic heterocycles. The maximum absolute atomic E-state index is 14.4. The highest BCUT2D eigenvalue weighted by Gasteiger charge is 2.36. The van der Waals surface area contributed by atoms with Gasteiger partial charge in [0.05, 0.1) is 42.0 Å². The topological polar surface area (TPSA) is 97.7 Å². The number of carbonyl (C=O) groups excluding carboxylic acids is 2. The van der Waals surface area contributed by atoms with Crippen LogP contribution in [0.15, 0.2) is 55.4 Å². The highest BCUT2D eigenvalue weighted by Crippen LogP contribution is 2.37. The molecule has 0 unspecified atom stereocenters. The summed E-state index contributed by atoms with van der Waals surface area (Å²) in [6.07, 6.45) is 5.65. The van der Waals surface area contributed by atoms with Crippen LogP contribution in [0.3, 0.4) is 0 Å². The number of aromatic nitrogens is 2. The van der Waals surface area contributed by atoms with Gasteiger partial charge in [-0.05, 0) is 43.7 Å². The second-order valence-corrected chi connectivity index (χ2v) is 8.95. The minimum Gasteiger partial charge on any atom is -0.492 e. The van der Waals surface area contributed by atoms with Crippen molar-refractivity contribution < 1.29 is 23.5 Å². The average molecular weight is 506 g/mol. The number of nitrogens with zero attached hydrogens (tertiary/aromatic N) is 3. The fourth-order valence-electron chi connectivity index (χ4n) is 4.88. The van der Waals surface area contributed by atoms with Gasteiger partial charge in [-0.25, -0.2) is 4.39 Å². The summed E-state index contributed by atoms with van der Waals surface area (Å²) in [7, 11) is 1.40. The predicted octanol–water partition coefficient (Wildman–Crippen LogP) is 3.41. The molecule has 9 nitrogen and oxygen atoms in total. The molecule has 2 aliphatic rings. The van der Waals surface area contributed by atoms with Gasteiger partial charge in [-0.3, -0.25) is 24.7 Å². The van der Waals surface area contributed by atoms with Crippen molar-refractivity contribution >= 4 is 17.5 Å². The van der Waals surface area contributed by atoms with Crippen molar-refractivity contribution in [2.24, 2.45) is 0 Å². The molecule has 2 atom stereocenters. The molecule has 2 N–H and O–H groups in total. The minimum absolute atomic E-state index is 0.0629.